The predicted octanol–water partition coefficient (Wildman–Crippen LogP) is 3.60. The van der Waals surface area contributed by atoms with Crippen LogP contribution in [0.3, 0.4) is 0 Å². The fraction of sp³-hybridized carbons (Fsp3) is 0.500. The highest BCUT2D eigenvalue weighted by Gasteiger charge is 2.37. The number of carbonyl (C=O) groups is 1. The molecule has 0 aromatic heterocycles. The van der Waals surface area contributed by atoms with Crippen LogP contribution in [0.2, 0.25) is 0 Å². The summed E-state index contributed by atoms with van der Waals surface area (Å²) in [6, 6.07) is 4.68. The van der Waals surface area contributed by atoms with Crippen molar-refractivity contribution in [3.63, 3.8) is 0 Å². The van der Waals surface area contributed by atoms with Gasteiger partial charge in [-0.3, -0.25) is 4.79 Å². The summed E-state index contributed by atoms with van der Waals surface area (Å²) in [6.07, 6.45) is 4.62. The third kappa shape index (κ3) is 2.58. The number of amides is 1. The SMILES string of the molecule is O=C(c1cc(F)ccc1Br)N(CC1CC1)C1CC1. The van der Waals surface area contributed by atoms with Crippen LogP contribution in [0.15, 0.2) is 22.7 Å². The smallest absolute Gasteiger partial charge is 0.255 e. The molecule has 0 spiro atoms. The van der Waals surface area contributed by atoms with Gasteiger partial charge in [0.1, 0.15) is 5.82 Å². The van der Waals surface area contributed by atoms with Crippen molar-refractivity contribution in [2.45, 2.75) is 31.7 Å². The molecule has 0 N–H and O–H groups in total. The largest absolute Gasteiger partial charge is 0.335 e. The van der Waals surface area contributed by atoms with Crippen LogP contribution in [0, 0.1) is 11.7 Å². The lowest BCUT2D eigenvalue weighted by Crippen LogP contribution is -2.35. The molecule has 96 valence electrons. The Morgan fingerprint density at radius 3 is 2.67 bits per heavy atom. The molecule has 0 aliphatic heterocycles. The van der Waals surface area contributed by atoms with Crippen LogP contribution in [0.1, 0.15) is 36.0 Å². The van der Waals surface area contributed by atoms with E-state index in [4.69, 9.17) is 0 Å². The molecule has 2 aliphatic carbocycles. The summed E-state index contributed by atoms with van der Waals surface area (Å²) in [5, 5.41) is 0. The first-order valence-electron chi connectivity index (χ1n) is 6.41. The van der Waals surface area contributed by atoms with Gasteiger partial charge in [-0.25, -0.2) is 4.39 Å². The van der Waals surface area contributed by atoms with Crippen LogP contribution in [-0.4, -0.2) is 23.4 Å². The molecule has 0 unspecified atom stereocenters. The highest BCUT2D eigenvalue weighted by atomic mass is 79.9. The van der Waals surface area contributed by atoms with Crippen LogP contribution >= 0.6 is 15.9 Å². The minimum absolute atomic E-state index is 0.0317. The second-order valence-electron chi connectivity index (χ2n) is 5.26. The summed E-state index contributed by atoms with van der Waals surface area (Å²) < 4.78 is 13.9. The minimum atomic E-state index is -0.358. The Morgan fingerprint density at radius 1 is 1.33 bits per heavy atom. The van der Waals surface area contributed by atoms with Gasteiger partial charge in [0, 0.05) is 17.1 Å². The average molecular weight is 312 g/mol. The van der Waals surface area contributed by atoms with Crippen molar-refractivity contribution < 1.29 is 9.18 Å². The van der Waals surface area contributed by atoms with E-state index in [2.05, 4.69) is 15.9 Å². The maximum absolute atomic E-state index is 13.3. The highest BCUT2D eigenvalue weighted by molar-refractivity contribution is 9.10. The zero-order valence-electron chi connectivity index (χ0n) is 10.0. The molecule has 3 rings (SSSR count). The lowest BCUT2D eigenvalue weighted by molar-refractivity contribution is 0.0733. The predicted molar refractivity (Wildman–Crippen MR) is 70.9 cm³/mol. The van der Waals surface area contributed by atoms with Gasteiger partial charge in [-0.2, -0.15) is 0 Å². The molecule has 4 heteroatoms. The summed E-state index contributed by atoms with van der Waals surface area (Å²) in [4.78, 5) is 14.4. The molecular formula is C14H15BrFNO. The van der Waals surface area contributed by atoms with Gasteiger partial charge < -0.3 is 4.90 Å². The fourth-order valence-corrected chi connectivity index (χ4v) is 2.59. The molecule has 2 saturated carbocycles. The Kier molecular flexibility index (Phi) is 3.14. The molecule has 2 fully saturated rings. The van der Waals surface area contributed by atoms with Gasteiger partial charge in [0.05, 0.1) is 5.56 Å². The third-order valence-electron chi connectivity index (χ3n) is 3.56. The van der Waals surface area contributed by atoms with E-state index >= 15 is 0 Å². The van der Waals surface area contributed by atoms with Crippen LogP contribution in [0.25, 0.3) is 0 Å². The first kappa shape index (κ1) is 12.2. The number of halogens is 2. The van der Waals surface area contributed by atoms with Gasteiger partial charge >= 0.3 is 0 Å². The Hall–Kier alpha value is -0.900. The number of rotatable bonds is 4. The summed E-state index contributed by atoms with van der Waals surface area (Å²) in [5.41, 5.74) is 0.447. The summed E-state index contributed by atoms with van der Waals surface area (Å²) in [6.45, 7) is 0.840. The quantitative estimate of drug-likeness (QED) is 0.832. The van der Waals surface area contributed by atoms with E-state index in [0.29, 0.717) is 22.0 Å². The van der Waals surface area contributed by atoms with Crippen LogP contribution in [-0.2, 0) is 0 Å². The van der Waals surface area contributed by atoms with E-state index in [9.17, 15) is 9.18 Å². The van der Waals surface area contributed by atoms with Gasteiger partial charge in [0.15, 0.2) is 0 Å². The Bertz CT molecular complexity index is 483. The number of benzene rings is 1. The van der Waals surface area contributed by atoms with Crippen molar-refractivity contribution in [2.24, 2.45) is 5.92 Å². The van der Waals surface area contributed by atoms with Gasteiger partial charge in [-0.15, -0.1) is 0 Å². The van der Waals surface area contributed by atoms with Gasteiger partial charge in [-0.05, 0) is 65.7 Å². The Morgan fingerprint density at radius 2 is 2.06 bits per heavy atom. The lowest BCUT2D eigenvalue weighted by atomic mass is 10.2. The molecule has 0 saturated heterocycles. The van der Waals surface area contributed by atoms with Crippen LogP contribution < -0.4 is 0 Å². The van der Waals surface area contributed by atoms with Crippen molar-refractivity contribution >= 4 is 21.8 Å². The minimum Gasteiger partial charge on any atom is -0.335 e. The van der Waals surface area contributed by atoms with Crippen molar-refractivity contribution in [1.29, 1.82) is 0 Å². The monoisotopic (exact) mass is 311 g/mol. The number of nitrogens with zero attached hydrogens (tertiary/aromatic N) is 1. The fourth-order valence-electron chi connectivity index (χ4n) is 2.18. The Labute approximate surface area is 114 Å². The molecule has 2 aliphatic rings. The Balaban J connectivity index is 1.83. The summed E-state index contributed by atoms with van der Waals surface area (Å²) >= 11 is 3.34. The molecule has 0 bridgehead atoms. The van der Waals surface area contributed by atoms with Crippen molar-refractivity contribution in [1.82, 2.24) is 4.90 Å². The summed E-state index contributed by atoms with van der Waals surface area (Å²) in [7, 11) is 0. The standard InChI is InChI=1S/C14H15BrFNO/c15-13-6-3-10(16)7-12(13)14(18)17(11-4-5-11)8-9-1-2-9/h3,6-7,9,11H,1-2,4-5,8H2. The zero-order chi connectivity index (χ0) is 12.7. The topological polar surface area (TPSA) is 20.3 Å². The molecule has 0 radical (unpaired) electrons. The van der Waals surface area contributed by atoms with Gasteiger partial charge in [-0.1, -0.05) is 0 Å². The van der Waals surface area contributed by atoms with Crippen molar-refractivity contribution in [3.05, 3.63) is 34.1 Å². The lowest BCUT2D eigenvalue weighted by Gasteiger charge is -2.23. The molecule has 18 heavy (non-hydrogen) atoms. The van der Waals surface area contributed by atoms with Crippen molar-refractivity contribution in [3.8, 4) is 0 Å². The highest BCUT2D eigenvalue weighted by Crippen LogP contribution is 2.36. The first-order chi connectivity index (χ1) is 8.65. The normalized spacial score (nSPS) is 18.8. The van der Waals surface area contributed by atoms with E-state index in [1.54, 1.807) is 6.07 Å². The maximum atomic E-state index is 13.3. The molecule has 0 atom stereocenters. The molecule has 1 aromatic carbocycles. The van der Waals surface area contributed by atoms with Gasteiger partial charge in [0.2, 0.25) is 0 Å². The second-order valence-corrected chi connectivity index (χ2v) is 6.11. The average Bonchev–Trinajstić information content (AvgIpc) is 3.21. The van der Waals surface area contributed by atoms with E-state index in [1.807, 2.05) is 4.90 Å². The van der Waals surface area contributed by atoms with E-state index < -0.39 is 0 Å². The molecule has 2 nitrogen and oxygen atoms in total. The van der Waals surface area contributed by atoms with E-state index in [0.717, 1.165) is 19.4 Å². The molecular weight excluding hydrogens is 297 g/mol. The zero-order valence-corrected chi connectivity index (χ0v) is 11.6. The van der Waals surface area contributed by atoms with Gasteiger partial charge in [0.25, 0.3) is 5.91 Å². The number of carbonyl (C=O) groups excluding carboxylic acids is 1. The van der Waals surface area contributed by atoms with Crippen LogP contribution in [0.4, 0.5) is 4.39 Å². The maximum Gasteiger partial charge on any atom is 0.255 e. The van der Waals surface area contributed by atoms with Crippen molar-refractivity contribution in [2.75, 3.05) is 6.54 Å². The number of hydrogen-bond donors (Lipinski definition) is 0. The van der Waals surface area contributed by atoms with E-state index in [1.165, 1.54) is 25.0 Å². The molecule has 1 aromatic rings. The second kappa shape index (κ2) is 4.65. The third-order valence-corrected chi connectivity index (χ3v) is 4.25. The first-order valence-corrected chi connectivity index (χ1v) is 7.20. The number of hydrogen-bond acceptors (Lipinski definition) is 1. The molecule has 0 heterocycles. The molecule has 1 amide bonds. The van der Waals surface area contributed by atoms with E-state index in [-0.39, 0.29) is 11.7 Å². The van der Waals surface area contributed by atoms with Crippen LogP contribution in [0.5, 0.6) is 0 Å². The summed E-state index contributed by atoms with van der Waals surface area (Å²) in [5.74, 6) is 0.279.